The van der Waals surface area contributed by atoms with Crippen LogP contribution >= 0.6 is 15.9 Å². The van der Waals surface area contributed by atoms with E-state index < -0.39 is 21.9 Å². The van der Waals surface area contributed by atoms with E-state index in [2.05, 4.69) is 21.2 Å². The van der Waals surface area contributed by atoms with Gasteiger partial charge < -0.3 is 10.1 Å². The van der Waals surface area contributed by atoms with Gasteiger partial charge in [0.05, 0.1) is 12.0 Å². The molecule has 1 fully saturated rings. The lowest BCUT2D eigenvalue weighted by Crippen LogP contribution is -2.51. The molecule has 29 heavy (non-hydrogen) atoms. The number of halogens is 2. The van der Waals surface area contributed by atoms with Crippen LogP contribution in [-0.2, 0) is 21.4 Å². The fourth-order valence-electron chi connectivity index (χ4n) is 3.38. The number of benzene rings is 2. The zero-order valence-corrected chi connectivity index (χ0v) is 18.3. The molecule has 1 N–H and O–H groups in total. The number of methoxy groups -OCH3 is 1. The van der Waals surface area contributed by atoms with Crippen molar-refractivity contribution < 1.29 is 22.3 Å². The molecule has 6 nitrogen and oxygen atoms in total. The van der Waals surface area contributed by atoms with E-state index in [4.69, 9.17) is 4.74 Å². The van der Waals surface area contributed by atoms with Gasteiger partial charge in [0.1, 0.15) is 17.6 Å². The van der Waals surface area contributed by atoms with Gasteiger partial charge in [-0.3, -0.25) is 4.79 Å². The first kappa shape index (κ1) is 21.7. The van der Waals surface area contributed by atoms with E-state index in [1.165, 1.54) is 16.4 Å². The maximum absolute atomic E-state index is 13.2. The van der Waals surface area contributed by atoms with Gasteiger partial charge in [-0.1, -0.05) is 22.4 Å². The average Bonchev–Trinajstić information content (AvgIpc) is 2.72. The summed E-state index contributed by atoms with van der Waals surface area (Å²) >= 11 is 3.39. The highest BCUT2D eigenvalue weighted by atomic mass is 79.9. The third kappa shape index (κ3) is 4.96. The molecule has 9 heteroatoms. The van der Waals surface area contributed by atoms with Crippen LogP contribution in [0.5, 0.6) is 5.75 Å². The normalized spacial score (nSPS) is 17.7. The zero-order valence-electron chi connectivity index (χ0n) is 15.9. The Morgan fingerprint density at radius 2 is 1.97 bits per heavy atom. The molecule has 1 atom stereocenters. The minimum Gasteiger partial charge on any atom is -0.496 e. The second-order valence-electron chi connectivity index (χ2n) is 6.76. The lowest BCUT2D eigenvalue weighted by atomic mass is 10.0. The van der Waals surface area contributed by atoms with Crippen LogP contribution in [0.4, 0.5) is 4.39 Å². The molecule has 0 saturated carbocycles. The van der Waals surface area contributed by atoms with Crippen molar-refractivity contribution in [1.29, 1.82) is 0 Å². The number of nitrogens with one attached hydrogen (secondary N) is 1. The molecule has 3 rings (SSSR count). The van der Waals surface area contributed by atoms with Crippen molar-refractivity contribution in [2.75, 3.05) is 13.7 Å². The highest BCUT2D eigenvalue weighted by molar-refractivity contribution is 9.10. The topological polar surface area (TPSA) is 75.7 Å². The predicted octanol–water partition coefficient (Wildman–Crippen LogP) is 3.46. The van der Waals surface area contributed by atoms with Crippen molar-refractivity contribution in [3.8, 4) is 5.75 Å². The third-order valence-corrected chi connectivity index (χ3v) is 7.29. The molecule has 1 unspecified atom stereocenters. The first-order chi connectivity index (χ1) is 13.8. The third-order valence-electron chi connectivity index (χ3n) is 4.87. The summed E-state index contributed by atoms with van der Waals surface area (Å²) in [5, 5.41) is 2.83. The molecule has 156 valence electrons. The molecule has 1 aliphatic heterocycles. The molecule has 0 spiro atoms. The second-order valence-corrected chi connectivity index (χ2v) is 9.56. The Hall–Kier alpha value is -1.97. The van der Waals surface area contributed by atoms with Crippen LogP contribution in [0, 0.1) is 5.82 Å². The van der Waals surface area contributed by atoms with Crippen LogP contribution in [-0.4, -0.2) is 38.3 Å². The van der Waals surface area contributed by atoms with Gasteiger partial charge in [0, 0.05) is 23.1 Å². The van der Waals surface area contributed by atoms with Crippen molar-refractivity contribution in [2.24, 2.45) is 0 Å². The first-order valence-corrected chi connectivity index (χ1v) is 11.4. The molecule has 2 aromatic rings. The Morgan fingerprint density at radius 1 is 1.24 bits per heavy atom. The van der Waals surface area contributed by atoms with Crippen molar-refractivity contribution in [3.63, 3.8) is 0 Å². The van der Waals surface area contributed by atoms with Crippen LogP contribution in [0.25, 0.3) is 0 Å². The standard InChI is InChI=1S/C20H22BrFN2O4S/c1-28-19-10-5-15(21)12-14(19)13-23-20(25)18-4-2-3-11-24(18)29(26,27)17-8-6-16(22)7-9-17/h5-10,12,18H,2-4,11,13H2,1H3,(H,23,25). The Balaban J connectivity index is 1.78. The van der Waals surface area contributed by atoms with Gasteiger partial charge >= 0.3 is 0 Å². The number of hydrogen-bond donors (Lipinski definition) is 1. The number of carbonyl (C=O) groups excluding carboxylic acids is 1. The summed E-state index contributed by atoms with van der Waals surface area (Å²) in [6, 6.07) is 9.31. The molecule has 0 bridgehead atoms. The van der Waals surface area contributed by atoms with Crippen LogP contribution in [0.15, 0.2) is 51.8 Å². The van der Waals surface area contributed by atoms with E-state index in [0.717, 1.165) is 28.6 Å². The number of nitrogens with zero attached hydrogens (tertiary/aromatic N) is 1. The van der Waals surface area contributed by atoms with Crippen molar-refractivity contribution in [1.82, 2.24) is 9.62 Å². The predicted molar refractivity (Wildman–Crippen MR) is 110 cm³/mol. The smallest absolute Gasteiger partial charge is 0.243 e. The lowest BCUT2D eigenvalue weighted by Gasteiger charge is -2.33. The minimum absolute atomic E-state index is 0.0211. The van der Waals surface area contributed by atoms with Crippen molar-refractivity contribution in [2.45, 2.75) is 36.7 Å². The van der Waals surface area contributed by atoms with E-state index in [-0.39, 0.29) is 23.9 Å². The number of sulfonamides is 1. The summed E-state index contributed by atoms with van der Waals surface area (Å²) in [6.07, 6.45) is 1.86. The van der Waals surface area contributed by atoms with Gasteiger partial charge in [-0.05, 0) is 55.3 Å². The van der Waals surface area contributed by atoms with Crippen LogP contribution in [0.2, 0.25) is 0 Å². The Kier molecular flexibility index (Phi) is 6.92. The molecule has 0 aromatic heterocycles. The van der Waals surface area contributed by atoms with E-state index in [0.29, 0.717) is 18.6 Å². The van der Waals surface area contributed by atoms with Crippen LogP contribution in [0.3, 0.4) is 0 Å². The number of carbonyl (C=O) groups is 1. The summed E-state index contributed by atoms with van der Waals surface area (Å²) in [5.74, 6) is -0.245. The number of piperidine rings is 1. The molecular formula is C20H22BrFN2O4S. The lowest BCUT2D eigenvalue weighted by molar-refractivity contribution is -0.125. The molecule has 1 heterocycles. The maximum atomic E-state index is 13.2. The maximum Gasteiger partial charge on any atom is 0.243 e. The SMILES string of the molecule is COc1ccc(Br)cc1CNC(=O)C1CCCCN1S(=O)(=O)c1ccc(F)cc1. The van der Waals surface area contributed by atoms with Gasteiger partial charge in [-0.2, -0.15) is 4.31 Å². The molecular weight excluding hydrogens is 463 g/mol. The van der Waals surface area contributed by atoms with Crippen LogP contribution in [0.1, 0.15) is 24.8 Å². The summed E-state index contributed by atoms with van der Waals surface area (Å²) in [6.45, 7) is 0.459. The van der Waals surface area contributed by atoms with E-state index in [9.17, 15) is 17.6 Å². The Labute approximate surface area is 178 Å². The fraction of sp³-hybridized carbons (Fsp3) is 0.350. The highest BCUT2D eigenvalue weighted by Gasteiger charge is 2.37. The van der Waals surface area contributed by atoms with E-state index >= 15 is 0 Å². The number of rotatable bonds is 6. The van der Waals surface area contributed by atoms with E-state index in [1.54, 1.807) is 13.2 Å². The first-order valence-electron chi connectivity index (χ1n) is 9.20. The molecule has 1 amide bonds. The Morgan fingerprint density at radius 3 is 2.66 bits per heavy atom. The van der Waals surface area contributed by atoms with Crippen molar-refractivity contribution >= 4 is 31.9 Å². The van der Waals surface area contributed by atoms with Gasteiger partial charge in [-0.15, -0.1) is 0 Å². The monoisotopic (exact) mass is 484 g/mol. The largest absolute Gasteiger partial charge is 0.496 e. The number of ether oxygens (including phenoxy) is 1. The number of hydrogen-bond acceptors (Lipinski definition) is 4. The summed E-state index contributed by atoms with van der Waals surface area (Å²) in [4.78, 5) is 12.8. The minimum atomic E-state index is -3.90. The van der Waals surface area contributed by atoms with Crippen molar-refractivity contribution in [3.05, 3.63) is 58.3 Å². The van der Waals surface area contributed by atoms with Gasteiger partial charge in [0.15, 0.2) is 0 Å². The van der Waals surface area contributed by atoms with E-state index in [1.807, 2.05) is 12.1 Å². The highest BCUT2D eigenvalue weighted by Crippen LogP contribution is 2.27. The second kappa shape index (κ2) is 9.23. The molecule has 2 aromatic carbocycles. The summed E-state index contributed by atoms with van der Waals surface area (Å²) < 4.78 is 46.6. The summed E-state index contributed by atoms with van der Waals surface area (Å²) in [7, 11) is -2.35. The molecule has 0 radical (unpaired) electrons. The fourth-order valence-corrected chi connectivity index (χ4v) is 5.45. The number of amides is 1. The zero-order chi connectivity index (χ0) is 21.0. The van der Waals surface area contributed by atoms with Gasteiger partial charge in [0.2, 0.25) is 15.9 Å². The molecule has 1 saturated heterocycles. The van der Waals surface area contributed by atoms with Gasteiger partial charge in [0.25, 0.3) is 0 Å². The quantitative estimate of drug-likeness (QED) is 0.680. The molecule has 1 aliphatic rings. The van der Waals surface area contributed by atoms with Gasteiger partial charge in [-0.25, -0.2) is 12.8 Å². The summed E-state index contributed by atoms with van der Waals surface area (Å²) in [5.41, 5.74) is 0.777. The molecule has 0 aliphatic carbocycles. The Bertz CT molecular complexity index is 982. The average molecular weight is 485 g/mol. The van der Waals surface area contributed by atoms with Crippen LogP contribution < -0.4 is 10.1 Å².